The summed E-state index contributed by atoms with van der Waals surface area (Å²) in [5.41, 5.74) is 0.901. The predicted octanol–water partition coefficient (Wildman–Crippen LogP) is 2.89. The second-order valence-corrected chi connectivity index (χ2v) is 9.99. The molecular weight excluding hydrogens is 452 g/mol. The van der Waals surface area contributed by atoms with Gasteiger partial charge in [-0.15, -0.1) is 0 Å². The van der Waals surface area contributed by atoms with Gasteiger partial charge in [0.2, 0.25) is 0 Å². The van der Waals surface area contributed by atoms with Gasteiger partial charge in [0, 0.05) is 6.92 Å². The molecule has 1 saturated carbocycles. The van der Waals surface area contributed by atoms with Crippen LogP contribution in [0.4, 0.5) is 0 Å². The number of rotatable bonds is 8. The summed E-state index contributed by atoms with van der Waals surface area (Å²) in [5, 5.41) is 11.1. The van der Waals surface area contributed by atoms with Crippen molar-refractivity contribution in [1.82, 2.24) is 0 Å². The zero-order valence-electron chi connectivity index (χ0n) is 21.2. The van der Waals surface area contributed by atoms with Crippen molar-refractivity contribution >= 4 is 11.9 Å². The van der Waals surface area contributed by atoms with Crippen molar-refractivity contribution in [2.24, 2.45) is 23.7 Å². The molecule has 35 heavy (non-hydrogen) atoms. The van der Waals surface area contributed by atoms with Crippen LogP contribution < -0.4 is 0 Å². The molecule has 3 fully saturated rings. The summed E-state index contributed by atoms with van der Waals surface area (Å²) >= 11 is 0. The Labute approximate surface area is 207 Å². The van der Waals surface area contributed by atoms with Gasteiger partial charge in [0.25, 0.3) is 0 Å². The minimum absolute atomic E-state index is 0.0123. The highest BCUT2D eigenvalue weighted by Crippen LogP contribution is 2.62. The number of hydrogen-bond donors (Lipinski definition) is 1. The molecule has 0 spiro atoms. The van der Waals surface area contributed by atoms with Gasteiger partial charge in [-0.3, -0.25) is 4.79 Å². The average molecular weight is 491 g/mol. The highest BCUT2D eigenvalue weighted by molar-refractivity contribution is 5.75. The van der Waals surface area contributed by atoms with Crippen molar-refractivity contribution in [3.05, 3.63) is 35.9 Å². The van der Waals surface area contributed by atoms with Crippen LogP contribution in [0.1, 0.15) is 46.1 Å². The van der Waals surface area contributed by atoms with E-state index in [1.165, 1.54) is 14.0 Å². The highest BCUT2D eigenvalue weighted by Gasteiger charge is 2.68. The van der Waals surface area contributed by atoms with Crippen molar-refractivity contribution in [2.45, 2.75) is 89.9 Å². The van der Waals surface area contributed by atoms with Gasteiger partial charge in [-0.2, -0.15) is 0 Å². The van der Waals surface area contributed by atoms with Gasteiger partial charge in [0.15, 0.2) is 12.2 Å². The lowest BCUT2D eigenvalue weighted by Crippen LogP contribution is -2.62. The fraction of sp³-hybridized carbons (Fsp3) is 0.704. The maximum absolute atomic E-state index is 12.6. The Balaban J connectivity index is 1.65. The second-order valence-electron chi connectivity index (χ2n) is 9.99. The van der Waals surface area contributed by atoms with E-state index in [1.807, 2.05) is 30.3 Å². The van der Waals surface area contributed by atoms with E-state index in [-0.39, 0.29) is 30.7 Å². The number of aliphatic hydroxyl groups excluding tert-OH is 1. The number of hydrogen-bond acceptors (Lipinski definition) is 8. The third kappa shape index (κ3) is 5.12. The standard InChI is InChI=1S/C27H38O8/c1-6-17-14(3)19-20(18(7-2)34-17)21(19)23-26(33-15(4)28)24(22(29)25(35-23)27(30)31-5)32-13-16-11-9-8-10-12-16/h8-12,14,17-26,29H,6-7,13H2,1-5H3. The van der Waals surface area contributed by atoms with Gasteiger partial charge in [-0.25, -0.2) is 4.79 Å². The van der Waals surface area contributed by atoms with E-state index >= 15 is 0 Å². The Hall–Kier alpha value is -2.00. The van der Waals surface area contributed by atoms with E-state index in [1.54, 1.807) is 0 Å². The average Bonchev–Trinajstić information content (AvgIpc) is 3.60. The van der Waals surface area contributed by atoms with Gasteiger partial charge in [-0.05, 0) is 42.1 Å². The maximum Gasteiger partial charge on any atom is 0.337 e. The molecule has 1 N–H and O–H groups in total. The van der Waals surface area contributed by atoms with Crippen LogP contribution in [0.5, 0.6) is 0 Å². The molecule has 11 unspecified atom stereocenters. The molecule has 1 aliphatic carbocycles. The maximum atomic E-state index is 12.6. The van der Waals surface area contributed by atoms with Crippen LogP contribution in [-0.2, 0) is 39.9 Å². The molecular formula is C27H38O8. The number of carbonyl (C=O) groups excluding carboxylic acids is 2. The third-order valence-corrected chi connectivity index (χ3v) is 7.97. The van der Waals surface area contributed by atoms with E-state index < -0.39 is 42.5 Å². The molecule has 0 aromatic heterocycles. The van der Waals surface area contributed by atoms with Crippen molar-refractivity contribution < 1.29 is 38.4 Å². The van der Waals surface area contributed by atoms with Crippen LogP contribution >= 0.6 is 0 Å². The van der Waals surface area contributed by atoms with Crippen LogP contribution in [0.3, 0.4) is 0 Å². The van der Waals surface area contributed by atoms with E-state index in [2.05, 4.69) is 20.8 Å². The van der Waals surface area contributed by atoms with E-state index in [4.69, 9.17) is 23.7 Å². The molecule has 0 amide bonds. The zero-order chi connectivity index (χ0) is 25.3. The van der Waals surface area contributed by atoms with Gasteiger partial charge in [0.1, 0.15) is 18.3 Å². The minimum Gasteiger partial charge on any atom is -0.467 e. The molecule has 1 aromatic carbocycles. The van der Waals surface area contributed by atoms with Crippen molar-refractivity contribution in [1.29, 1.82) is 0 Å². The van der Waals surface area contributed by atoms with Crippen LogP contribution in [0.2, 0.25) is 0 Å². The first-order valence-corrected chi connectivity index (χ1v) is 12.7. The molecule has 2 saturated heterocycles. The summed E-state index contributed by atoms with van der Waals surface area (Å²) < 4.78 is 29.5. The first-order valence-electron chi connectivity index (χ1n) is 12.7. The lowest BCUT2D eigenvalue weighted by atomic mass is 9.88. The van der Waals surface area contributed by atoms with Gasteiger partial charge < -0.3 is 28.8 Å². The fourth-order valence-corrected chi connectivity index (χ4v) is 6.33. The molecule has 1 aromatic rings. The summed E-state index contributed by atoms with van der Waals surface area (Å²) in [6.45, 7) is 7.95. The third-order valence-electron chi connectivity index (χ3n) is 7.97. The Morgan fingerprint density at radius 3 is 2.26 bits per heavy atom. The Kier molecular flexibility index (Phi) is 8.16. The molecule has 8 heteroatoms. The predicted molar refractivity (Wildman–Crippen MR) is 126 cm³/mol. The lowest BCUT2D eigenvalue weighted by molar-refractivity contribution is -0.252. The molecule has 3 aliphatic rings. The summed E-state index contributed by atoms with van der Waals surface area (Å²) in [7, 11) is 1.26. The van der Waals surface area contributed by atoms with Crippen molar-refractivity contribution in [3.8, 4) is 0 Å². The summed E-state index contributed by atoms with van der Waals surface area (Å²) in [6, 6.07) is 9.52. The zero-order valence-corrected chi connectivity index (χ0v) is 21.2. The molecule has 8 nitrogen and oxygen atoms in total. The number of carbonyl (C=O) groups is 2. The molecule has 4 rings (SSSR count). The van der Waals surface area contributed by atoms with Gasteiger partial charge in [-0.1, -0.05) is 51.1 Å². The first-order chi connectivity index (χ1) is 16.8. The van der Waals surface area contributed by atoms with Crippen molar-refractivity contribution in [2.75, 3.05) is 7.11 Å². The highest BCUT2D eigenvalue weighted by atomic mass is 16.6. The number of esters is 2. The van der Waals surface area contributed by atoms with E-state index in [0.717, 1.165) is 18.4 Å². The SMILES string of the molecule is CCC1OC(CC)C2C(C1C)C2C1OC(C(=O)OC)C(O)C(OCc2ccccc2)C1OC(C)=O. The molecule has 0 radical (unpaired) electrons. The number of benzene rings is 1. The topological polar surface area (TPSA) is 101 Å². The monoisotopic (exact) mass is 490 g/mol. The van der Waals surface area contributed by atoms with Gasteiger partial charge in [0.05, 0.1) is 25.9 Å². The fourth-order valence-electron chi connectivity index (χ4n) is 6.33. The quantitative estimate of drug-likeness (QED) is 0.556. The van der Waals surface area contributed by atoms with E-state index in [0.29, 0.717) is 11.8 Å². The molecule has 2 aliphatic heterocycles. The molecule has 194 valence electrons. The van der Waals surface area contributed by atoms with Gasteiger partial charge >= 0.3 is 11.9 Å². The van der Waals surface area contributed by atoms with Crippen LogP contribution in [0.15, 0.2) is 30.3 Å². The Morgan fingerprint density at radius 1 is 0.971 bits per heavy atom. The van der Waals surface area contributed by atoms with Crippen LogP contribution in [0, 0.1) is 23.7 Å². The number of aliphatic hydroxyl groups is 1. The summed E-state index contributed by atoms with van der Waals surface area (Å²) in [4.78, 5) is 24.8. The van der Waals surface area contributed by atoms with Crippen LogP contribution in [0.25, 0.3) is 0 Å². The minimum atomic E-state index is -1.36. The van der Waals surface area contributed by atoms with E-state index in [9.17, 15) is 14.7 Å². The largest absolute Gasteiger partial charge is 0.467 e. The number of fused-ring (bicyclic) bond motifs is 1. The first kappa shape index (κ1) is 26.1. The second kappa shape index (κ2) is 10.9. The van der Waals surface area contributed by atoms with Crippen molar-refractivity contribution in [3.63, 3.8) is 0 Å². The number of ether oxygens (including phenoxy) is 5. The van der Waals surface area contributed by atoms with Crippen LogP contribution in [-0.4, -0.2) is 66.9 Å². The molecule has 0 bridgehead atoms. The molecule has 11 atom stereocenters. The summed E-state index contributed by atoms with van der Waals surface area (Å²) in [6.07, 6.45) is -3.05. The summed E-state index contributed by atoms with van der Waals surface area (Å²) in [5.74, 6) is -0.325. The number of methoxy groups -OCH3 is 1. The Morgan fingerprint density at radius 2 is 1.66 bits per heavy atom. The Bertz CT molecular complexity index is 875. The normalized spacial score (nSPS) is 40.5. The molecule has 2 heterocycles. The lowest BCUT2D eigenvalue weighted by Gasteiger charge is -2.43. The smallest absolute Gasteiger partial charge is 0.337 e.